The summed E-state index contributed by atoms with van der Waals surface area (Å²) in [6, 6.07) is 0.0704. The van der Waals surface area contributed by atoms with Gasteiger partial charge in [0, 0.05) is 19.2 Å². The van der Waals surface area contributed by atoms with Crippen molar-refractivity contribution in [3.63, 3.8) is 0 Å². The second-order valence-electron chi connectivity index (χ2n) is 4.67. The van der Waals surface area contributed by atoms with E-state index in [9.17, 15) is 8.42 Å². The number of rotatable bonds is 4. The van der Waals surface area contributed by atoms with E-state index in [0.29, 0.717) is 13.2 Å². The summed E-state index contributed by atoms with van der Waals surface area (Å²) >= 11 is 0. The topological polar surface area (TPSA) is 67.4 Å². The molecule has 5 nitrogen and oxygen atoms in total. The Kier molecular flexibility index (Phi) is 4.18. The molecule has 16 heavy (non-hydrogen) atoms. The molecule has 0 aromatic rings. The second kappa shape index (κ2) is 5.44. The molecule has 2 heterocycles. The number of ether oxygens (including phenoxy) is 1. The minimum atomic E-state index is -3.13. The quantitative estimate of drug-likeness (QED) is 0.716. The molecule has 0 radical (unpaired) electrons. The molecule has 0 saturated carbocycles. The lowest BCUT2D eigenvalue weighted by atomic mass is 10.1. The summed E-state index contributed by atoms with van der Waals surface area (Å²) in [6.45, 7) is 3.03. The minimum absolute atomic E-state index is 0.0704. The summed E-state index contributed by atoms with van der Waals surface area (Å²) < 4.78 is 31.7. The Hall–Kier alpha value is -0.170. The van der Waals surface area contributed by atoms with Gasteiger partial charge in [-0.25, -0.2) is 13.1 Å². The monoisotopic (exact) mass is 248 g/mol. The summed E-state index contributed by atoms with van der Waals surface area (Å²) in [7, 11) is -3.13. The van der Waals surface area contributed by atoms with Gasteiger partial charge in [-0.05, 0) is 31.7 Å². The number of piperidine rings is 1. The first-order valence-corrected chi connectivity index (χ1v) is 7.59. The van der Waals surface area contributed by atoms with Crippen molar-refractivity contribution < 1.29 is 13.2 Å². The standard InChI is InChI=1S/C10H20N2O3S/c13-16(14,8-9-3-5-15-7-9)12-10-2-1-4-11-6-10/h9-12H,1-8H2/t9?,10-/m0/s1. The summed E-state index contributed by atoms with van der Waals surface area (Å²) in [5, 5.41) is 3.20. The van der Waals surface area contributed by atoms with Crippen LogP contribution in [0, 0.1) is 5.92 Å². The molecular formula is C10H20N2O3S. The maximum Gasteiger partial charge on any atom is 0.212 e. The highest BCUT2D eigenvalue weighted by Gasteiger charge is 2.25. The highest BCUT2D eigenvalue weighted by Crippen LogP contribution is 2.14. The zero-order valence-corrected chi connectivity index (χ0v) is 10.3. The van der Waals surface area contributed by atoms with E-state index in [1.165, 1.54) is 0 Å². The second-order valence-corrected chi connectivity index (χ2v) is 6.47. The predicted molar refractivity (Wildman–Crippen MR) is 61.7 cm³/mol. The molecule has 6 heteroatoms. The number of hydrogen-bond acceptors (Lipinski definition) is 4. The molecule has 2 rings (SSSR count). The molecule has 0 spiro atoms. The Balaban J connectivity index is 1.81. The van der Waals surface area contributed by atoms with Crippen molar-refractivity contribution in [1.82, 2.24) is 10.0 Å². The van der Waals surface area contributed by atoms with Gasteiger partial charge in [-0.2, -0.15) is 0 Å². The molecule has 0 aliphatic carbocycles. The Morgan fingerprint density at radius 2 is 2.25 bits per heavy atom. The molecule has 0 aromatic heterocycles. The van der Waals surface area contributed by atoms with Crippen LogP contribution in [0.3, 0.4) is 0 Å². The van der Waals surface area contributed by atoms with E-state index in [0.717, 1.165) is 32.4 Å². The molecule has 2 fully saturated rings. The summed E-state index contributed by atoms with van der Waals surface area (Å²) in [4.78, 5) is 0. The van der Waals surface area contributed by atoms with E-state index >= 15 is 0 Å². The van der Waals surface area contributed by atoms with E-state index in [2.05, 4.69) is 10.0 Å². The van der Waals surface area contributed by atoms with Crippen molar-refractivity contribution in [3.05, 3.63) is 0 Å². The molecule has 2 atom stereocenters. The van der Waals surface area contributed by atoms with Crippen LogP contribution in [0.2, 0.25) is 0 Å². The predicted octanol–water partition coefficient (Wildman–Crippen LogP) is -0.306. The fraction of sp³-hybridized carbons (Fsp3) is 1.00. The van der Waals surface area contributed by atoms with Crippen LogP contribution in [0.1, 0.15) is 19.3 Å². The molecule has 0 aromatic carbocycles. The van der Waals surface area contributed by atoms with Gasteiger partial charge in [0.05, 0.1) is 12.4 Å². The largest absolute Gasteiger partial charge is 0.381 e. The summed E-state index contributed by atoms with van der Waals surface area (Å²) in [5.74, 6) is 0.387. The average molecular weight is 248 g/mol. The number of sulfonamides is 1. The maximum absolute atomic E-state index is 11.9. The van der Waals surface area contributed by atoms with Crippen molar-refractivity contribution >= 4 is 10.0 Å². The lowest BCUT2D eigenvalue weighted by Crippen LogP contribution is -2.46. The van der Waals surface area contributed by atoms with Crippen molar-refractivity contribution in [2.75, 3.05) is 32.1 Å². The van der Waals surface area contributed by atoms with E-state index in [-0.39, 0.29) is 17.7 Å². The van der Waals surface area contributed by atoms with Crippen molar-refractivity contribution in [2.24, 2.45) is 5.92 Å². The molecule has 1 unspecified atom stereocenters. The SMILES string of the molecule is O=S(=O)(CC1CCOC1)N[C@H]1CCCNC1. The van der Waals surface area contributed by atoms with Gasteiger partial charge in [0.1, 0.15) is 0 Å². The number of hydrogen-bond donors (Lipinski definition) is 2. The Labute approximate surface area is 97.0 Å². The third-order valence-electron chi connectivity index (χ3n) is 3.12. The van der Waals surface area contributed by atoms with Crippen LogP contribution >= 0.6 is 0 Å². The van der Waals surface area contributed by atoms with Gasteiger partial charge in [-0.3, -0.25) is 0 Å². The van der Waals surface area contributed by atoms with Crippen molar-refractivity contribution in [2.45, 2.75) is 25.3 Å². The van der Waals surface area contributed by atoms with Gasteiger partial charge in [-0.1, -0.05) is 0 Å². The lowest BCUT2D eigenvalue weighted by Gasteiger charge is -2.24. The first-order chi connectivity index (χ1) is 7.66. The third-order valence-corrected chi connectivity index (χ3v) is 4.72. The molecule has 0 bridgehead atoms. The van der Waals surface area contributed by atoms with E-state index in [1.807, 2.05) is 0 Å². The Morgan fingerprint density at radius 3 is 2.88 bits per heavy atom. The highest BCUT2D eigenvalue weighted by molar-refractivity contribution is 7.89. The lowest BCUT2D eigenvalue weighted by molar-refractivity contribution is 0.188. The van der Waals surface area contributed by atoms with Crippen LogP contribution < -0.4 is 10.0 Å². The van der Waals surface area contributed by atoms with Crippen LogP contribution in [0.15, 0.2) is 0 Å². The maximum atomic E-state index is 11.9. The van der Waals surface area contributed by atoms with E-state index < -0.39 is 10.0 Å². The zero-order valence-electron chi connectivity index (χ0n) is 9.44. The van der Waals surface area contributed by atoms with Gasteiger partial charge >= 0.3 is 0 Å². The van der Waals surface area contributed by atoms with Gasteiger partial charge in [0.25, 0.3) is 0 Å². The normalized spacial score (nSPS) is 31.8. The summed E-state index contributed by atoms with van der Waals surface area (Å²) in [6.07, 6.45) is 2.84. The molecule has 2 aliphatic rings. The number of nitrogens with one attached hydrogen (secondary N) is 2. The fourth-order valence-electron chi connectivity index (χ4n) is 2.28. The Morgan fingerprint density at radius 1 is 1.38 bits per heavy atom. The van der Waals surface area contributed by atoms with Crippen LogP contribution in [-0.4, -0.2) is 46.5 Å². The average Bonchev–Trinajstić information content (AvgIpc) is 2.70. The van der Waals surface area contributed by atoms with Gasteiger partial charge < -0.3 is 10.1 Å². The molecule has 0 amide bonds. The van der Waals surface area contributed by atoms with Crippen molar-refractivity contribution in [1.29, 1.82) is 0 Å². The minimum Gasteiger partial charge on any atom is -0.381 e. The van der Waals surface area contributed by atoms with Gasteiger partial charge in [0.15, 0.2) is 0 Å². The smallest absolute Gasteiger partial charge is 0.212 e. The molecule has 94 valence electrons. The molecule has 2 N–H and O–H groups in total. The van der Waals surface area contributed by atoms with Crippen LogP contribution in [-0.2, 0) is 14.8 Å². The van der Waals surface area contributed by atoms with E-state index in [1.54, 1.807) is 0 Å². The van der Waals surface area contributed by atoms with E-state index in [4.69, 9.17) is 4.74 Å². The molecular weight excluding hydrogens is 228 g/mol. The van der Waals surface area contributed by atoms with Crippen LogP contribution in [0.25, 0.3) is 0 Å². The van der Waals surface area contributed by atoms with Crippen molar-refractivity contribution in [3.8, 4) is 0 Å². The van der Waals surface area contributed by atoms with Crippen LogP contribution in [0.5, 0.6) is 0 Å². The van der Waals surface area contributed by atoms with Crippen LogP contribution in [0.4, 0.5) is 0 Å². The fourth-order valence-corrected chi connectivity index (χ4v) is 3.97. The first-order valence-electron chi connectivity index (χ1n) is 5.94. The molecule has 2 aliphatic heterocycles. The first kappa shape index (κ1) is 12.3. The Bertz CT molecular complexity index is 306. The highest BCUT2D eigenvalue weighted by atomic mass is 32.2. The summed E-state index contributed by atoms with van der Waals surface area (Å²) in [5.41, 5.74) is 0. The zero-order chi connectivity index (χ0) is 11.4. The van der Waals surface area contributed by atoms with Gasteiger partial charge in [-0.15, -0.1) is 0 Å². The third kappa shape index (κ3) is 3.69. The van der Waals surface area contributed by atoms with Gasteiger partial charge in [0.2, 0.25) is 10.0 Å². The molecule has 2 saturated heterocycles.